The summed E-state index contributed by atoms with van der Waals surface area (Å²) in [7, 11) is 1.58. The van der Waals surface area contributed by atoms with Gasteiger partial charge in [-0.2, -0.15) is 0 Å². The molecule has 0 saturated carbocycles. The maximum Gasteiger partial charge on any atom is 0.352 e. The average molecular weight is 336 g/mol. The Morgan fingerprint density at radius 3 is 2.32 bits per heavy atom. The number of fused-ring (bicyclic) bond motifs is 1. The molecule has 0 fully saturated rings. The van der Waals surface area contributed by atoms with Gasteiger partial charge in [-0.1, -0.05) is 44.2 Å². The van der Waals surface area contributed by atoms with Crippen LogP contribution < -0.4 is 5.32 Å². The first kappa shape index (κ1) is 16.8. The molecule has 3 aromatic rings. The van der Waals surface area contributed by atoms with Gasteiger partial charge in [0.15, 0.2) is 0 Å². The number of carboxylic acid groups (broad SMARTS) is 1. The van der Waals surface area contributed by atoms with E-state index in [-0.39, 0.29) is 17.5 Å². The number of aromatic amines is 1. The average Bonchev–Trinajstić information content (AvgIpc) is 3.00. The number of hydrogen-bond donors (Lipinski definition) is 3. The number of amides is 1. The van der Waals surface area contributed by atoms with Crippen LogP contribution in [-0.2, 0) is 0 Å². The van der Waals surface area contributed by atoms with Gasteiger partial charge in [-0.3, -0.25) is 4.79 Å². The van der Waals surface area contributed by atoms with Crippen LogP contribution in [0, 0.1) is 0 Å². The SMILES string of the molecule is CNC(=O)c1ccc(-c2c(C(=O)O)[nH]c3c(C(C)C)cccc23)cc1. The summed E-state index contributed by atoms with van der Waals surface area (Å²) in [6.45, 7) is 4.15. The highest BCUT2D eigenvalue weighted by Crippen LogP contribution is 2.36. The second-order valence-corrected chi connectivity index (χ2v) is 6.26. The van der Waals surface area contributed by atoms with Gasteiger partial charge < -0.3 is 15.4 Å². The zero-order valence-electron chi connectivity index (χ0n) is 14.4. The number of benzene rings is 2. The van der Waals surface area contributed by atoms with Gasteiger partial charge in [0.25, 0.3) is 5.91 Å². The van der Waals surface area contributed by atoms with E-state index >= 15 is 0 Å². The van der Waals surface area contributed by atoms with Gasteiger partial charge in [0.1, 0.15) is 5.69 Å². The highest BCUT2D eigenvalue weighted by atomic mass is 16.4. The molecule has 0 spiro atoms. The van der Waals surface area contributed by atoms with Crippen LogP contribution in [0.5, 0.6) is 0 Å². The molecule has 0 aliphatic carbocycles. The minimum absolute atomic E-state index is 0.163. The Balaban J connectivity index is 2.24. The van der Waals surface area contributed by atoms with Crippen molar-refractivity contribution >= 4 is 22.8 Å². The molecule has 0 saturated heterocycles. The van der Waals surface area contributed by atoms with Crippen molar-refractivity contribution in [3.63, 3.8) is 0 Å². The van der Waals surface area contributed by atoms with Crippen LogP contribution in [0.25, 0.3) is 22.0 Å². The van der Waals surface area contributed by atoms with E-state index in [1.807, 2.05) is 18.2 Å². The van der Waals surface area contributed by atoms with Crippen LogP contribution in [0.2, 0.25) is 0 Å². The number of carboxylic acids is 1. The minimum atomic E-state index is -1.00. The van der Waals surface area contributed by atoms with E-state index in [0.29, 0.717) is 11.1 Å². The first-order valence-corrected chi connectivity index (χ1v) is 8.14. The molecule has 0 atom stereocenters. The lowest BCUT2D eigenvalue weighted by Crippen LogP contribution is -2.17. The molecule has 1 amide bonds. The highest BCUT2D eigenvalue weighted by Gasteiger charge is 2.21. The lowest BCUT2D eigenvalue weighted by atomic mass is 9.96. The summed E-state index contributed by atoms with van der Waals surface area (Å²) in [4.78, 5) is 26.6. The number of aromatic nitrogens is 1. The molecule has 0 unspecified atom stereocenters. The van der Waals surface area contributed by atoms with Gasteiger partial charge in [0.05, 0.1) is 5.52 Å². The number of aromatic carboxylic acids is 1. The molecule has 3 rings (SSSR count). The molecule has 25 heavy (non-hydrogen) atoms. The molecular weight excluding hydrogens is 316 g/mol. The maximum absolute atomic E-state index is 11.8. The van der Waals surface area contributed by atoms with Gasteiger partial charge in [0.2, 0.25) is 0 Å². The number of H-pyrrole nitrogens is 1. The van der Waals surface area contributed by atoms with Crippen LogP contribution in [0.1, 0.15) is 46.2 Å². The van der Waals surface area contributed by atoms with Gasteiger partial charge in [-0.05, 0) is 29.2 Å². The Hall–Kier alpha value is -3.08. The fraction of sp³-hybridized carbons (Fsp3) is 0.200. The van der Waals surface area contributed by atoms with Crippen molar-refractivity contribution in [2.24, 2.45) is 0 Å². The predicted molar refractivity (Wildman–Crippen MR) is 98.2 cm³/mol. The highest BCUT2D eigenvalue weighted by molar-refractivity contribution is 6.08. The van der Waals surface area contributed by atoms with Crippen molar-refractivity contribution < 1.29 is 14.7 Å². The molecule has 0 bridgehead atoms. The third-order valence-electron chi connectivity index (χ3n) is 4.36. The Morgan fingerprint density at radius 2 is 1.76 bits per heavy atom. The van der Waals surface area contributed by atoms with Gasteiger partial charge in [-0.25, -0.2) is 4.79 Å². The number of hydrogen-bond acceptors (Lipinski definition) is 2. The molecule has 128 valence electrons. The molecule has 1 aromatic heterocycles. The summed E-state index contributed by atoms with van der Waals surface area (Å²) in [5.74, 6) is -0.908. The van der Waals surface area contributed by atoms with E-state index in [4.69, 9.17) is 0 Å². The number of nitrogens with one attached hydrogen (secondary N) is 2. The predicted octanol–water partition coefficient (Wildman–Crippen LogP) is 4.02. The Bertz CT molecular complexity index is 953. The third-order valence-corrected chi connectivity index (χ3v) is 4.36. The van der Waals surface area contributed by atoms with E-state index in [1.54, 1.807) is 31.3 Å². The van der Waals surface area contributed by atoms with Crippen LogP contribution in [0.4, 0.5) is 0 Å². The fourth-order valence-electron chi connectivity index (χ4n) is 3.11. The van der Waals surface area contributed by atoms with Gasteiger partial charge >= 0.3 is 5.97 Å². The zero-order valence-corrected chi connectivity index (χ0v) is 14.4. The molecule has 0 aliphatic rings. The number of carbonyl (C=O) groups excluding carboxylic acids is 1. The minimum Gasteiger partial charge on any atom is -0.477 e. The molecule has 2 aromatic carbocycles. The summed E-state index contributed by atoms with van der Waals surface area (Å²) in [5, 5.41) is 13.1. The van der Waals surface area contributed by atoms with Crippen molar-refractivity contribution in [2.45, 2.75) is 19.8 Å². The Labute approximate surface area is 145 Å². The smallest absolute Gasteiger partial charge is 0.352 e. The van der Waals surface area contributed by atoms with Crippen LogP contribution >= 0.6 is 0 Å². The van der Waals surface area contributed by atoms with E-state index in [1.165, 1.54) is 0 Å². The lowest BCUT2D eigenvalue weighted by Gasteiger charge is -2.07. The zero-order chi connectivity index (χ0) is 18.1. The molecule has 0 radical (unpaired) electrons. The lowest BCUT2D eigenvalue weighted by molar-refractivity contribution is 0.0692. The molecular formula is C20H20N2O3. The van der Waals surface area contributed by atoms with Crippen molar-refractivity contribution in [1.82, 2.24) is 10.3 Å². The van der Waals surface area contributed by atoms with Crippen molar-refractivity contribution in [1.29, 1.82) is 0 Å². The standard InChI is InChI=1S/C20H20N2O3/c1-11(2)14-5-4-6-15-16(18(20(24)25)22-17(14)15)12-7-9-13(10-8-12)19(23)21-3/h4-11,22H,1-3H3,(H,21,23)(H,24,25). The molecule has 5 nitrogen and oxygen atoms in total. The van der Waals surface area contributed by atoms with E-state index in [9.17, 15) is 14.7 Å². The molecule has 0 aliphatic heterocycles. The fourth-order valence-corrected chi connectivity index (χ4v) is 3.11. The monoisotopic (exact) mass is 336 g/mol. The first-order valence-electron chi connectivity index (χ1n) is 8.14. The van der Waals surface area contributed by atoms with Gasteiger partial charge in [-0.15, -0.1) is 0 Å². The number of para-hydroxylation sites is 1. The Morgan fingerprint density at radius 1 is 1.08 bits per heavy atom. The van der Waals surface area contributed by atoms with Crippen LogP contribution in [-0.4, -0.2) is 29.0 Å². The molecule has 5 heteroatoms. The number of rotatable bonds is 4. The van der Waals surface area contributed by atoms with Crippen molar-refractivity contribution in [2.75, 3.05) is 7.05 Å². The topological polar surface area (TPSA) is 82.2 Å². The largest absolute Gasteiger partial charge is 0.477 e. The van der Waals surface area contributed by atoms with Crippen molar-refractivity contribution in [3.8, 4) is 11.1 Å². The summed E-state index contributed by atoms with van der Waals surface area (Å²) in [5.41, 5.74) is 4.03. The second-order valence-electron chi connectivity index (χ2n) is 6.26. The summed E-state index contributed by atoms with van der Waals surface area (Å²) >= 11 is 0. The van der Waals surface area contributed by atoms with Gasteiger partial charge in [0, 0.05) is 23.6 Å². The quantitative estimate of drug-likeness (QED) is 0.673. The number of carbonyl (C=O) groups is 2. The van der Waals surface area contributed by atoms with Crippen LogP contribution in [0.3, 0.4) is 0 Å². The van der Waals surface area contributed by atoms with Crippen molar-refractivity contribution in [3.05, 3.63) is 59.3 Å². The Kier molecular flexibility index (Phi) is 4.31. The summed E-state index contributed by atoms with van der Waals surface area (Å²) in [6, 6.07) is 12.8. The molecule has 3 N–H and O–H groups in total. The van der Waals surface area contributed by atoms with E-state index in [2.05, 4.69) is 24.1 Å². The van der Waals surface area contributed by atoms with E-state index < -0.39 is 5.97 Å². The molecule has 1 heterocycles. The first-order chi connectivity index (χ1) is 11.9. The summed E-state index contributed by atoms with van der Waals surface area (Å²) < 4.78 is 0. The van der Waals surface area contributed by atoms with Crippen LogP contribution in [0.15, 0.2) is 42.5 Å². The normalized spacial score (nSPS) is 11.0. The maximum atomic E-state index is 11.8. The second kappa shape index (κ2) is 6.43. The van der Waals surface area contributed by atoms with E-state index in [0.717, 1.165) is 22.0 Å². The third kappa shape index (κ3) is 2.89. The summed E-state index contributed by atoms with van der Waals surface area (Å²) in [6.07, 6.45) is 0.